The molecule has 2 bridgehead atoms. The van der Waals surface area contributed by atoms with Gasteiger partial charge in [0.15, 0.2) is 0 Å². The molecule has 2 atom stereocenters. The molecule has 17 heavy (non-hydrogen) atoms. The van der Waals surface area contributed by atoms with E-state index < -0.39 is 5.60 Å². The number of nitrogens with one attached hydrogen (secondary N) is 1. The van der Waals surface area contributed by atoms with Crippen LogP contribution in [0.1, 0.15) is 36.8 Å². The van der Waals surface area contributed by atoms with E-state index in [1.807, 2.05) is 18.2 Å². The zero-order chi connectivity index (χ0) is 11.9. The molecule has 0 spiro atoms. The molecule has 3 nitrogen and oxygen atoms in total. The Morgan fingerprint density at radius 2 is 1.88 bits per heavy atom. The molecule has 88 valence electrons. The van der Waals surface area contributed by atoms with Crippen LogP contribution in [0.2, 0.25) is 0 Å². The van der Waals surface area contributed by atoms with E-state index in [-0.39, 0.29) is 0 Å². The van der Waals surface area contributed by atoms with E-state index >= 15 is 0 Å². The minimum Gasteiger partial charge on any atom is -0.385 e. The summed E-state index contributed by atoms with van der Waals surface area (Å²) in [7, 11) is 0. The zero-order valence-corrected chi connectivity index (χ0v) is 9.69. The van der Waals surface area contributed by atoms with Crippen molar-refractivity contribution >= 4 is 0 Å². The summed E-state index contributed by atoms with van der Waals surface area (Å²) in [5.41, 5.74) is 0.598. The Kier molecular flexibility index (Phi) is 2.43. The molecule has 3 rings (SSSR count). The first-order valence-corrected chi connectivity index (χ1v) is 6.19. The topological polar surface area (TPSA) is 56.0 Å². The average molecular weight is 228 g/mol. The van der Waals surface area contributed by atoms with E-state index in [4.69, 9.17) is 5.26 Å². The first kappa shape index (κ1) is 10.8. The van der Waals surface area contributed by atoms with Gasteiger partial charge in [-0.1, -0.05) is 18.2 Å². The number of aliphatic hydroxyl groups is 1. The van der Waals surface area contributed by atoms with E-state index in [2.05, 4.69) is 11.4 Å². The maximum absolute atomic E-state index is 10.8. The van der Waals surface area contributed by atoms with E-state index in [9.17, 15) is 5.11 Å². The third kappa shape index (κ3) is 1.74. The van der Waals surface area contributed by atoms with Crippen molar-refractivity contribution in [1.29, 1.82) is 5.26 Å². The van der Waals surface area contributed by atoms with Crippen LogP contribution in [-0.4, -0.2) is 17.2 Å². The van der Waals surface area contributed by atoms with Gasteiger partial charge in [-0.25, -0.2) is 0 Å². The Morgan fingerprint density at radius 3 is 2.53 bits per heavy atom. The summed E-state index contributed by atoms with van der Waals surface area (Å²) in [6, 6.07) is 10.4. The number of benzene rings is 1. The van der Waals surface area contributed by atoms with Crippen molar-refractivity contribution < 1.29 is 5.11 Å². The Morgan fingerprint density at radius 1 is 1.24 bits per heavy atom. The van der Waals surface area contributed by atoms with Crippen LogP contribution in [0.5, 0.6) is 0 Å². The summed E-state index contributed by atoms with van der Waals surface area (Å²) >= 11 is 0. The molecular weight excluding hydrogens is 212 g/mol. The number of hydrogen-bond donors (Lipinski definition) is 2. The van der Waals surface area contributed by atoms with Crippen molar-refractivity contribution in [1.82, 2.24) is 5.32 Å². The third-order valence-electron chi connectivity index (χ3n) is 4.05. The molecule has 0 amide bonds. The summed E-state index contributed by atoms with van der Waals surface area (Å²) in [4.78, 5) is 0. The molecule has 0 aromatic heterocycles. The van der Waals surface area contributed by atoms with Gasteiger partial charge in [-0.15, -0.1) is 0 Å². The monoisotopic (exact) mass is 228 g/mol. The van der Waals surface area contributed by atoms with Gasteiger partial charge < -0.3 is 10.4 Å². The molecule has 2 heterocycles. The molecule has 2 N–H and O–H groups in total. The van der Waals surface area contributed by atoms with Crippen LogP contribution in [-0.2, 0) is 5.60 Å². The van der Waals surface area contributed by atoms with Crippen molar-refractivity contribution in [3.05, 3.63) is 35.4 Å². The summed E-state index contributed by atoms with van der Waals surface area (Å²) < 4.78 is 0. The molecule has 2 fully saturated rings. The van der Waals surface area contributed by atoms with Gasteiger partial charge in [0.2, 0.25) is 0 Å². The van der Waals surface area contributed by atoms with Crippen molar-refractivity contribution in [2.24, 2.45) is 0 Å². The molecule has 0 radical (unpaired) electrons. The van der Waals surface area contributed by atoms with E-state index in [1.54, 1.807) is 6.07 Å². The van der Waals surface area contributed by atoms with Gasteiger partial charge in [0, 0.05) is 17.6 Å². The van der Waals surface area contributed by atoms with Crippen LogP contribution in [0.25, 0.3) is 0 Å². The van der Waals surface area contributed by atoms with Crippen LogP contribution in [0, 0.1) is 11.3 Å². The third-order valence-corrected chi connectivity index (χ3v) is 4.05. The predicted molar refractivity (Wildman–Crippen MR) is 64.2 cm³/mol. The molecule has 3 heteroatoms. The van der Waals surface area contributed by atoms with E-state index in [0.29, 0.717) is 17.6 Å². The maximum atomic E-state index is 10.8. The van der Waals surface area contributed by atoms with Gasteiger partial charge in [0.05, 0.1) is 17.2 Å². The molecule has 2 unspecified atom stereocenters. The summed E-state index contributed by atoms with van der Waals surface area (Å²) in [5.74, 6) is 0. The predicted octanol–water partition coefficient (Wildman–Crippen LogP) is 1.66. The van der Waals surface area contributed by atoms with Gasteiger partial charge in [0.25, 0.3) is 0 Å². The summed E-state index contributed by atoms with van der Waals surface area (Å²) in [5, 5.41) is 23.5. The van der Waals surface area contributed by atoms with Gasteiger partial charge >= 0.3 is 0 Å². The normalized spacial score (nSPS) is 35.5. The highest BCUT2D eigenvalue weighted by Crippen LogP contribution is 2.41. The lowest BCUT2D eigenvalue weighted by Gasteiger charge is -2.37. The fourth-order valence-corrected chi connectivity index (χ4v) is 3.33. The largest absolute Gasteiger partial charge is 0.385 e. The minimum atomic E-state index is -0.816. The lowest BCUT2D eigenvalue weighted by molar-refractivity contribution is -0.0116. The van der Waals surface area contributed by atoms with Crippen molar-refractivity contribution in [3.8, 4) is 6.07 Å². The second-order valence-corrected chi connectivity index (χ2v) is 5.24. The van der Waals surface area contributed by atoms with E-state index in [0.717, 1.165) is 31.2 Å². The van der Waals surface area contributed by atoms with Crippen molar-refractivity contribution in [3.63, 3.8) is 0 Å². The quantitative estimate of drug-likeness (QED) is 0.768. The van der Waals surface area contributed by atoms with Gasteiger partial charge in [-0.05, 0) is 31.7 Å². The molecule has 2 aliphatic heterocycles. The molecule has 1 aromatic rings. The highest BCUT2D eigenvalue weighted by atomic mass is 16.3. The molecule has 2 saturated heterocycles. The van der Waals surface area contributed by atoms with Crippen molar-refractivity contribution in [2.45, 2.75) is 43.4 Å². The first-order chi connectivity index (χ1) is 8.21. The number of hydrogen-bond acceptors (Lipinski definition) is 3. The Bertz CT molecular complexity index is 465. The molecule has 1 aromatic carbocycles. The Hall–Kier alpha value is -1.37. The molecular formula is C14H16N2O. The highest BCUT2D eigenvalue weighted by molar-refractivity contribution is 5.41. The number of piperidine rings is 1. The molecule has 0 saturated carbocycles. The number of nitrogens with zero attached hydrogens (tertiary/aromatic N) is 1. The maximum Gasteiger partial charge on any atom is 0.0995 e. The first-order valence-electron chi connectivity index (χ1n) is 6.19. The number of rotatable bonds is 1. The van der Waals surface area contributed by atoms with Gasteiger partial charge in [-0.2, -0.15) is 5.26 Å². The van der Waals surface area contributed by atoms with Crippen LogP contribution in [0.4, 0.5) is 0 Å². The highest BCUT2D eigenvalue weighted by Gasteiger charge is 2.44. The fraction of sp³-hybridized carbons (Fsp3) is 0.500. The molecule has 2 aliphatic rings. The second-order valence-electron chi connectivity index (χ2n) is 5.24. The van der Waals surface area contributed by atoms with Gasteiger partial charge in [0.1, 0.15) is 0 Å². The SMILES string of the molecule is N#Cc1ccccc1C1(O)CC2CCC(C1)N2. The smallest absolute Gasteiger partial charge is 0.0995 e. The second kappa shape index (κ2) is 3.83. The lowest BCUT2D eigenvalue weighted by atomic mass is 9.79. The zero-order valence-electron chi connectivity index (χ0n) is 9.69. The number of fused-ring (bicyclic) bond motifs is 2. The molecule has 0 aliphatic carbocycles. The van der Waals surface area contributed by atoms with Crippen LogP contribution in [0.3, 0.4) is 0 Å². The minimum absolute atomic E-state index is 0.408. The Labute approximate surface area is 101 Å². The van der Waals surface area contributed by atoms with Crippen LogP contribution in [0.15, 0.2) is 24.3 Å². The Balaban J connectivity index is 2.00. The average Bonchev–Trinajstić information content (AvgIpc) is 2.69. The number of nitriles is 1. The van der Waals surface area contributed by atoms with Gasteiger partial charge in [-0.3, -0.25) is 0 Å². The van der Waals surface area contributed by atoms with E-state index in [1.165, 1.54) is 0 Å². The van der Waals surface area contributed by atoms with Crippen LogP contribution >= 0.6 is 0 Å². The van der Waals surface area contributed by atoms with Crippen LogP contribution < -0.4 is 5.32 Å². The summed E-state index contributed by atoms with van der Waals surface area (Å²) in [6.07, 6.45) is 3.73. The summed E-state index contributed by atoms with van der Waals surface area (Å²) in [6.45, 7) is 0. The fourth-order valence-electron chi connectivity index (χ4n) is 3.33. The van der Waals surface area contributed by atoms with Crippen molar-refractivity contribution in [2.75, 3.05) is 0 Å². The lowest BCUT2D eigenvalue weighted by Crippen LogP contribution is -2.47. The standard InChI is InChI=1S/C14H16N2O/c15-9-10-3-1-2-4-13(10)14(17)7-11-5-6-12(8-14)16-11/h1-4,11-12,16-17H,5-8H2.